The molecule has 0 bridgehead atoms. The molecule has 0 aliphatic carbocycles. The van der Waals surface area contributed by atoms with Crippen LogP contribution in [-0.4, -0.2) is 6.61 Å². The molecule has 0 saturated carbocycles. The van der Waals surface area contributed by atoms with Crippen molar-refractivity contribution in [3.63, 3.8) is 0 Å². The van der Waals surface area contributed by atoms with Crippen molar-refractivity contribution in [2.45, 2.75) is 40.0 Å². The zero-order chi connectivity index (χ0) is 13.6. The zero-order valence-electron chi connectivity index (χ0n) is 11.3. The number of nitrogens with zero attached hydrogens (tertiary/aromatic N) is 1. The lowest BCUT2D eigenvalue weighted by Gasteiger charge is -2.14. The lowest BCUT2D eigenvalue weighted by molar-refractivity contribution is 0.292. The zero-order valence-corrected chi connectivity index (χ0v) is 11.3. The Morgan fingerprint density at radius 1 is 1.33 bits per heavy atom. The van der Waals surface area contributed by atoms with E-state index in [1.54, 1.807) is 6.07 Å². The third-order valence-corrected chi connectivity index (χ3v) is 2.91. The molecule has 1 aromatic carbocycles. The molecule has 0 amide bonds. The number of ether oxygens (including phenoxy) is 1. The molecule has 0 spiro atoms. The van der Waals surface area contributed by atoms with Gasteiger partial charge < -0.3 is 4.74 Å². The number of hydrogen-bond donors (Lipinski definition) is 0. The summed E-state index contributed by atoms with van der Waals surface area (Å²) in [5.74, 6) is 0.329. The van der Waals surface area contributed by atoms with E-state index in [-0.39, 0.29) is 11.2 Å². The Hall–Kier alpha value is -1.56. The third-order valence-electron chi connectivity index (χ3n) is 2.91. The van der Waals surface area contributed by atoms with E-state index in [1.165, 1.54) is 12.1 Å². The number of aryl methyl sites for hydroxylation is 1. The highest BCUT2D eigenvalue weighted by Crippen LogP contribution is 2.22. The molecule has 0 aliphatic heterocycles. The number of benzene rings is 1. The van der Waals surface area contributed by atoms with E-state index in [4.69, 9.17) is 10.00 Å². The third kappa shape index (κ3) is 4.75. The van der Waals surface area contributed by atoms with Gasteiger partial charge in [-0.25, -0.2) is 4.39 Å². The molecule has 0 aromatic heterocycles. The molecule has 3 heteroatoms. The Morgan fingerprint density at radius 3 is 2.72 bits per heavy atom. The maximum absolute atomic E-state index is 13.0. The summed E-state index contributed by atoms with van der Waals surface area (Å²) in [6.45, 7) is 6.33. The van der Waals surface area contributed by atoms with Crippen molar-refractivity contribution in [1.82, 2.24) is 0 Å². The molecule has 0 radical (unpaired) electrons. The second-order valence-electron chi connectivity index (χ2n) is 5.21. The number of rotatable bonds is 6. The van der Waals surface area contributed by atoms with E-state index in [1.807, 2.05) is 20.8 Å². The topological polar surface area (TPSA) is 33.0 Å². The monoisotopic (exact) mass is 249 g/mol. The minimum atomic E-state index is -0.277. The Morgan fingerprint density at radius 2 is 2.06 bits per heavy atom. The largest absolute Gasteiger partial charge is 0.493 e. The highest BCUT2D eigenvalue weighted by atomic mass is 19.1. The van der Waals surface area contributed by atoms with Crippen LogP contribution in [0.4, 0.5) is 4.39 Å². The second-order valence-corrected chi connectivity index (χ2v) is 5.21. The summed E-state index contributed by atoms with van der Waals surface area (Å²) in [4.78, 5) is 0. The van der Waals surface area contributed by atoms with Crippen LogP contribution in [0.2, 0.25) is 0 Å². The molecule has 1 rings (SSSR count). The Bertz CT molecular complexity index is 435. The van der Waals surface area contributed by atoms with E-state index >= 15 is 0 Å². The average Bonchev–Trinajstić information content (AvgIpc) is 2.33. The number of nitriles is 1. The Balaban J connectivity index is 2.30. The first kappa shape index (κ1) is 14.5. The van der Waals surface area contributed by atoms with Gasteiger partial charge in [0, 0.05) is 6.07 Å². The van der Waals surface area contributed by atoms with Crippen LogP contribution in [0.5, 0.6) is 5.75 Å². The molecule has 0 saturated heterocycles. The summed E-state index contributed by atoms with van der Waals surface area (Å²) < 4.78 is 18.6. The van der Waals surface area contributed by atoms with Gasteiger partial charge in [-0.2, -0.15) is 5.26 Å². The highest BCUT2D eigenvalue weighted by molar-refractivity contribution is 5.32. The fraction of sp³-hybridized carbons (Fsp3) is 0.533. The first-order chi connectivity index (χ1) is 8.44. The normalized spacial score (nSPS) is 11.1. The molecule has 1 aromatic rings. The smallest absolute Gasteiger partial charge is 0.126 e. The van der Waals surface area contributed by atoms with Crippen LogP contribution in [0.25, 0.3) is 0 Å². The van der Waals surface area contributed by atoms with Crippen molar-refractivity contribution >= 4 is 0 Å². The molecule has 0 atom stereocenters. The van der Waals surface area contributed by atoms with E-state index in [0.717, 1.165) is 24.8 Å². The fourth-order valence-electron chi connectivity index (χ4n) is 1.64. The van der Waals surface area contributed by atoms with Gasteiger partial charge in [-0.3, -0.25) is 0 Å². The van der Waals surface area contributed by atoms with Crippen LogP contribution < -0.4 is 4.74 Å². The molecular weight excluding hydrogens is 229 g/mol. The van der Waals surface area contributed by atoms with Gasteiger partial charge in [0.05, 0.1) is 18.1 Å². The van der Waals surface area contributed by atoms with E-state index in [9.17, 15) is 4.39 Å². The standard InChI is InChI=1S/C15H20FNO/c1-12-6-7-13(16)10-14(12)18-9-5-4-8-15(2,3)11-17/h6-7,10H,4-5,8-9H2,1-3H3. The minimum Gasteiger partial charge on any atom is -0.493 e. The van der Waals surface area contributed by atoms with Crippen LogP contribution in [0, 0.1) is 29.5 Å². The van der Waals surface area contributed by atoms with Gasteiger partial charge in [-0.15, -0.1) is 0 Å². The van der Waals surface area contributed by atoms with Gasteiger partial charge in [0.25, 0.3) is 0 Å². The first-order valence-corrected chi connectivity index (χ1v) is 6.25. The minimum absolute atomic E-state index is 0.269. The second kappa shape index (κ2) is 6.39. The number of unbranched alkanes of at least 4 members (excludes halogenated alkanes) is 1. The van der Waals surface area contributed by atoms with E-state index in [0.29, 0.717) is 12.4 Å². The molecule has 0 fully saturated rings. The lowest BCUT2D eigenvalue weighted by atomic mass is 9.89. The van der Waals surface area contributed by atoms with Crippen molar-refractivity contribution < 1.29 is 9.13 Å². The predicted molar refractivity (Wildman–Crippen MR) is 69.9 cm³/mol. The summed E-state index contributed by atoms with van der Waals surface area (Å²) in [6.07, 6.45) is 2.67. The van der Waals surface area contributed by atoms with Crippen molar-refractivity contribution in [3.05, 3.63) is 29.6 Å². The van der Waals surface area contributed by atoms with Crippen LogP contribution >= 0.6 is 0 Å². The van der Waals surface area contributed by atoms with Crippen LogP contribution in [0.1, 0.15) is 38.7 Å². The molecule has 2 nitrogen and oxygen atoms in total. The van der Waals surface area contributed by atoms with Gasteiger partial charge in [0.15, 0.2) is 0 Å². The quantitative estimate of drug-likeness (QED) is 0.707. The Kier molecular flexibility index (Phi) is 5.15. The molecule has 0 N–H and O–H groups in total. The Labute approximate surface area is 108 Å². The van der Waals surface area contributed by atoms with Gasteiger partial charge in [0.2, 0.25) is 0 Å². The van der Waals surface area contributed by atoms with Crippen LogP contribution in [0.3, 0.4) is 0 Å². The van der Waals surface area contributed by atoms with Crippen molar-refractivity contribution in [1.29, 1.82) is 5.26 Å². The van der Waals surface area contributed by atoms with Crippen LogP contribution in [-0.2, 0) is 0 Å². The maximum atomic E-state index is 13.0. The average molecular weight is 249 g/mol. The lowest BCUT2D eigenvalue weighted by Crippen LogP contribution is -2.08. The summed E-state index contributed by atoms with van der Waals surface area (Å²) >= 11 is 0. The molecule has 18 heavy (non-hydrogen) atoms. The predicted octanol–water partition coefficient (Wildman–Crippen LogP) is 4.23. The molecule has 0 heterocycles. The maximum Gasteiger partial charge on any atom is 0.126 e. The van der Waals surface area contributed by atoms with Crippen molar-refractivity contribution in [3.8, 4) is 11.8 Å². The molecular formula is C15H20FNO. The van der Waals surface area contributed by atoms with Gasteiger partial charge >= 0.3 is 0 Å². The molecule has 98 valence electrons. The first-order valence-electron chi connectivity index (χ1n) is 6.25. The van der Waals surface area contributed by atoms with Crippen molar-refractivity contribution in [2.75, 3.05) is 6.61 Å². The van der Waals surface area contributed by atoms with Crippen molar-refractivity contribution in [2.24, 2.45) is 5.41 Å². The summed E-state index contributed by atoms with van der Waals surface area (Å²) in [5, 5.41) is 8.87. The van der Waals surface area contributed by atoms with Gasteiger partial charge in [-0.05, 0) is 51.7 Å². The highest BCUT2D eigenvalue weighted by Gasteiger charge is 2.15. The fourth-order valence-corrected chi connectivity index (χ4v) is 1.64. The summed E-state index contributed by atoms with van der Waals surface area (Å²) in [5.41, 5.74) is 0.670. The van der Waals surface area contributed by atoms with Gasteiger partial charge in [-0.1, -0.05) is 6.07 Å². The van der Waals surface area contributed by atoms with E-state index in [2.05, 4.69) is 6.07 Å². The SMILES string of the molecule is Cc1ccc(F)cc1OCCCCC(C)(C)C#N. The van der Waals surface area contributed by atoms with E-state index < -0.39 is 0 Å². The van der Waals surface area contributed by atoms with Crippen LogP contribution in [0.15, 0.2) is 18.2 Å². The summed E-state index contributed by atoms with van der Waals surface area (Å²) in [6, 6.07) is 6.83. The summed E-state index contributed by atoms with van der Waals surface area (Å²) in [7, 11) is 0. The van der Waals surface area contributed by atoms with Gasteiger partial charge in [0.1, 0.15) is 11.6 Å². The molecule has 0 aliphatic rings. The number of hydrogen-bond acceptors (Lipinski definition) is 2. The molecule has 0 unspecified atom stereocenters. The number of halogens is 1.